The molecule has 6 nitrogen and oxygen atoms in total. The van der Waals surface area contributed by atoms with Crippen LogP contribution in [0.2, 0.25) is 0 Å². The van der Waals surface area contributed by atoms with Crippen LogP contribution in [0.3, 0.4) is 0 Å². The molecule has 20 heavy (non-hydrogen) atoms. The molecule has 1 aliphatic rings. The lowest BCUT2D eigenvalue weighted by atomic mass is 9.96. The van der Waals surface area contributed by atoms with Gasteiger partial charge in [-0.2, -0.15) is 0 Å². The molecular weight excluding hydrogens is 278 g/mol. The highest BCUT2D eigenvalue weighted by Crippen LogP contribution is 2.27. The van der Waals surface area contributed by atoms with E-state index in [4.69, 9.17) is 12.2 Å². The van der Waals surface area contributed by atoms with Gasteiger partial charge >= 0.3 is 0 Å². The highest BCUT2D eigenvalue weighted by atomic mass is 32.1. The van der Waals surface area contributed by atoms with Gasteiger partial charge in [0.25, 0.3) is 5.69 Å². The number of thiocarbonyl (C=S) groups is 1. The second kappa shape index (κ2) is 6.51. The molecule has 1 aromatic rings. The van der Waals surface area contributed by atoms with E-state index in [1.165, 1.54) is 37.5 Å². The van der Waals surface area contributed by atoms with Crippen LogP contribution in [0, 0.1) is 10.1 Å². The third kappa shape index (κ3) is 3.80. The van der Waals surface area contributed by atoms with Gasteiger partial charge in [-0.25, -0.2) is 0 Å². The highest BCUT2D eigenvalue weighted by Gasteiger charge is 2.15. The van der Waals surface area contributed by atoms with Crippen LogP contribution in [0.25, 0.3) is 0 Å². The molecule has 108 valence electrons. The Bertz CT molecular complexity index is 516. The number of nitrogens with one attached hydrogen (secondary N) is 2. The average molecular weight is 295 g/mol. The van der Waals surface area contributed by atoms with Gasteiger partial charge in [-0.15, -0.1) is 0 Å². The molecule has 1 aromatic carbocycles. The number of non-ortho nitro benzene ring substituents is 1. The van der Waals surface area contributed by atoms with Gasteiger partial charge in [0.1, 0.15) is 5.75 Å². The van der Waals surface area contributed by atoms with E-state index in [9.17, 15) is 15.2 Å². The van der Waals surface area contributed by atoms with Gasteiger partial charge in [0.2, 0.25) is 0 Å². The SMILES string of the molecule is O=[N+]([O-])c1ccc(O)c(NC(=S)NC2CCCCC2)c1. The number of aromatic hydroxyl groups is 1. The Morgan fingerprint density at radius 3 is 2.70 bits per heavy atom. The van der Waals surface area contributed by atoms with Crippen molar-refractivity contribution in [2.24, 2.45) is 0 Å². The molecule has 1 saturated carbocycles. The van der Waals surface area contributed by atoms with Gasteiger partial charge in [-0.3, -0.25) is 10.1 Å². The number of nitro benzene ring substituents is 1. The summed E-state index contributed by atoms with van der Waals surface area (Å²) < 4.78 is 0. The predicted octanol–water partition coefficient (Wildman–Crippen LogP) is 2.92. The van der Waals surface area contributed by atoms with Crippen molar-refractivity contribution in [2.75, 3.05) is 5.32 Å². The summed E-state index contributed by atoms with van der Waals surface area (Å²) in [5.41, 5.74) is 0.151. The lowest BCUT2D eigenvalue weighted by Crippen LogP contribution is -2.38. The van der Waals surface area contributed by atoms with E-state index in [0.717, 1.165) is 12.8 Å². The van der Waals surface area contributed by atoms with Gasteiger partial charge in [-0.05, 0) is 31.1 Å². The monoisotopic (exact) mass is 295 g/mol. The summed E-state index contributed by atoms with van der Waals surface area (Å²) in [5, 5.41) is 26.8. The number of rotatable bonds is 3. The number of phenols is 1. The molecule has 1 fully saturated rings. The quantitative estimate of drug-likeness (QED) is 0.344. The number of nitro groups is 1. The largest absolute Gasteiger partial charge is 0.506 e. The maximum Gasteiger partial charge on any atom is 0.271 e. The Morgan fingerprint density at radius 1 is 1.35 bits per heavy atom. The molecule has 0 aromatic heterocycles. The van der Waals surface area contributed by atoms with Crippen LogP contribution in [0.5, 0.6) is 5.75 Å². The molecule has 0 spiro atoms. The standard InChI is InChI=1S/C13H17N3O3S/c17-12-7-6-10(16(18)19)8-11(12)15-13(20)14-9-4-2-1-3-5-9/h6-9,17H,1-5H2,(H2,14,15,20). The number of hydrogen-bond donors (Lipinski definition) is 3. The molecule has 0 aliphatic heterocycles. The molecular formula is C13H17N3O3S. The van der Waals surface area contributed by atoms with Gasteiger partial charge in [0.15, 0.2) is 5.11 Å². The minimum absolute atomic E-state index is 0.0663. The molecule has 1 aliphatic carbocycles. The smallest absolute Gasteiger partial charge is 0.271 e. The van der Waals surface area contributed by atoms with Gasteiger partial charge in [0.05, 0.1) is 10.6 Å². The predicted molar refractivity (Wildman–Crippen MR) is 81.0 cm³/mol. The normalized spacial score (nSPS) is 15.6. The minimum atomic E-state index is -0.512. The summed E-state index contributed by atoms with van der Waals surface area (Å²) in [6, 6.07) is 4.14. The van der Waals surface area contributed by atoms with E-state index in [-0.39, 0.29) is 17.1 Å². The summed E-state index contributed by atoms with van der Waals surface area (Å²) in [5.74, 6) is -0.0663. The topological polar surface area (TPSA) is 87.4 Å². The van der Waals surface area contributed by atoms with Crippen molar-refractivity contribution in [1.82, 2.24) is 5.32 Å². The Labute approximate surface area is 122 Å². The van der Waals surface area contributed by atoms with Crippen LogP contribution in [-0.2, 0) is 0 Å². The van der Waals surface area contributed by atoms with E-state index >= 15 is 0 Å². The number of hydrogen-bond acceptors (Lipinski definition) is 4. The minimum Gasteiger partial charge on any atom is -0.506 e. The fraction of sp³-hybridized carbons (Fsp3) is 0.462. The molecule has 0 radical (unpaired) electrons. The Kier molecular flexibility index (Phi) is 4.73. The number of nitrogens with zero attached hydrogens (tertiary/aromatic N) is 1. The lowest BCUT2D eigenvalue weighted by Gasteiger charge is -2.24. The summed E-state index contributed by atoms with van der Waals surface area (Å²) in [6.07, 6.45) is 5.76. The first-order chi connectivity index (χ1) is 9.56. The second-order valence-electron chi connectivity index (χ2n) is 4.89. The highest BCUT2D eigenvalue weighted by molar-refractivity contribution is 7.80. The van der Waals surface area contributed by atoms with Crippen LogP contribution in [0.1, 0.15) is 32.1 Å². The van der Waals surface area contributed by atoms with Crippen LogP contribution < -0.4 is 10.6 Å². The fourth-order valence-corrected chi connectivity index (χ4v) is 2.61. The van der Waals surface area contributed by atoms with Crippen molar-refractivity contribution < 1.29 is 10.0 Å². The van der Waals surface area contributed by atoms with Crippen molar-refractivity contribution in [3.05, 3.63) is 28.3 Å². The third-order valence-corrected chi connectivity index (χ3v) is 3.60. The van der Waals surface area contributed by atoms with Crippen LogP contribution in [-0.4, -0.2) is 21.2 Å². The molecule has 0 atom stereocenters. The number of anilines is 1. The number of benzene rings is 1. The summed E-state index contributed by atoms with van der Waals surface area (Å²) >= 11 is 5.18. The van der Waals surface area contributed by atoms with Crippen LogP contribution in [0.4, 0.5) is 11.4 Å². The van der Waals surface area contributed by atoms with Gasteiger partial charge in [-0.1, -0.05) is 19.3 Å². The second-order valence-corrected chi connectivity index (χ2v) is 5.30. The Hall–Kier alpha value is -1.89. The molecule has 0 amide bonds. The zero-order valence-electron chi connectivity index (χ0n) is 11.0. The fourth-order valence-electron chi connectivity index (χ4n) is 2.33. The zero-order valence-corrected chi connectivity index (χ0v) is 11.8. The summed E-state index contributed by atoms with van der Waals surface area (Å²) in [4.78, 5) is 10.2. The van der Waals surface area contributed by atoms with Crippen molar-refractivity contribution in [3.8, 4) is 5.75 Å². The molecule has 7 heteroatoms. The van der Waals surface area contributed by atoms with Crippen molar-refractivity contribution >= 4 is 28.7 Å². The van der Waals surface area contributed by atoms with E-state index < -0.39 is 4.92 Å². The van der Waals surface area contributed by atoms with E-state index in [1.54, 1.807) is 0 Å². The molecule has 0 bridgehead atoms. The first-order valence-corrected chi connectivity index (χ1v) is 7.02. The van der Waals surface area contributed by atoms with Crippen LogP contribution >= 0.6 is 12.2 Å². The van der Waals surface area contributed by atoms with E-state index in [2.05, 4.69) is 10.6 Å². The third-order valence-electron chi connectivity index (χ3n) is 3.38. The molecule has 0 saturated heterocycles. The maximum atomic E-state index is 10.7. The van der Waals surface area contributed by atoms with Gasteiger partial charge < -0.3 is 15.7 Å². The van der Waals surface area contributed by atoms with E-state index in [0.29, 0.717) is 11.2 Å². The van der Waals surface area contributed by atoms with Crippen molar-refractivity contribution in [1.29, 1.82) is 0 Å². The number of phenolic OH excluding ortho intramolecular Hbond substituents is 1. The molecule has 0 heterocycles. The Balaban J connectivity index is 1.99. The first-order valence-electron chi connectivity index (χ1n) is 6.61. The first kappa shape index (κ1) is 14.5. The Morgan fingerprint density at radius 2 is 2.05 bits per heavy atom. The summed E-state index contributed by atoms with van der Waals surface area (Å²) in [6.45, 7) is 0. The van der Waals surface area contributed by atoms with Crippen molar-refractivity contribution in [3.63, 3.8) is 0 Å². The molecule has 2 rings (SSSR count). The van der Waals surface area contributed by atoms with Crippen LogP contribution in [0.15, 0.2) is 18.2 Å². The average Bonchev–Trinajstić information content (AvgIpc) is 2.42. The maximum absolute atomic E-state index is 10.7. The van der Waals surface area contributed by atoms with E-state index in [1.807, 2.05) is 0 Å². The zero-order chi connectivity index (χ0) is 14.5. The van der Waals surface area contributed by atoms with Crippen molar-refractivity contribution in [2.45, 2.75) is 38.1 Å². The molecule has 0 unspecified atom stereocenters. The summed E-state index contributed by atoms with van der Waals surface area (Å²) in [7, 11) is 0. The molecule has 3 N–H and O–H groups in total. The van der Waals surface area contributed by atoms with Gasteiger partial charge in [0, 0.05) is 18.2 Å². The lowest BCUT2D eigenvalue weighted by molar-refractivity contribution is -0.384.